The monoisotopic (exact) mass is 232 g/mol. The van der Waals surface area contributed by atoms with E-state index in [-0.39, 0.29) is 5.82 Å². The molecule has 5 heteroatoms. The van der Waals surface area contributed by atoms with Crippen molar-refractivity contribution in [2.75, 3.05) is 29.5 Å². The Bertz CT molecular complexity index is 329. The molecule has 0 radical (unpaired) electrons. The summed E-state index contributed by atoms with van der Waals surface area (Å²) >= 11 is 7.52. The first kappa shape index (κ1) is 10.1. The molecule has 0 aliphatic carbocycles. The van der Waals surface area contributed by atoms with Crippen LogP contribution in [0.5, 0.6) is 0 Å². The molecule has 0 atom stereocenters. The average molecular weight is 233 g/mol. The highest BCUT2D eigenvalue weighted by Crippen LogP contribution is 2.22. The van der Waals surface area contributed by atoms with Gasteiger partial charge in [-0.15, -0.1) is 0 Å². The smallest absolute Gasteiger partial charge is 0.167 e. The zero-order chi connectivity index (χ0) is 9.97. The molecule has 0 bridgehead atoms. The number of hydrogen-bond acceptors (Lipinski definition) is 3. The summed E-state index contributed by atoms with van der Waals surface area (Å²) in [7, 11) is 0. The molecule has 0 aromatic carbocycles. The predicted octanol–water partition coefficient (Wildman–Crippen LogP) is 2.43. The van der Waals surface area contributed by atoms with Gasteiger partial charge in [-0.3, -0.25) is 0 Å². The first-order valence-corrected chi connectivity index (χ1v) is 5.94. The third kappa shape index (κ3) is 2.12. The summed E-state index contributed by atoms with van der Waals surface area (Å²) in [6, 6.07) is 1.31. The Kier molecular flexibility index (Phi) is 3.13. The van der Waals surface area contributed by atoms with Gasteiger partial charge in [0.05, 0.1) is 5.02 Å². The van der Waals surface area contributed by atoms with Gasteiger partial charge in [0.25, 0.3) is 0 Å². The van der Waals surface area contributed by atoms with Gasteiger partial charge >= 0.3 is 0 Å². The Hall–Kier alpha value is -0.480. The van der Waals surface area contributed by atoms with Crippen molar-refractivity contribution in [3.8, 4) is 0 Å². The van der Waals surface area contributed by atoms with Crippen molar-refractivity contribution >= 4 is 29.2 Å². The molecule has 0 unspecified atom stereocenters. The van der Waals surface area contributed by atoms with Crippen LogP contribution in [0.1, 0.15) is 0 Å². The largest absolute Gasteiger partial charge is 0.353 e. The number of rotatable bonds is 1. The van der Waals surface area contributed by atoms with Crippen molar-refractivity contribution < 1.29 is 4.39 Å². The summed E-state index contributed by atoms with van der Waals surface area (Å²) < 4.78 is 13.4. The minimum Gasteiger partial charge on any atom is -0.353 e. The van der Waals surface area contributed by atoms with Gasteiger partial charge in [-0.2, -0.15) is 11.8 Å². The van der Waals surface area contributed by atoms with E-state index in [9.17, 15) is 4.39 Å². The van der Waals surface area contributed by atoms with Gasteiger partial charge in [-0.05, 0) is 6.07 Å². The van der Waals surface area contributed by atoms with Crippen molar-refractivity contribution in [1.82, 2.24) is 4.98 Å². The van der Waals surface area contributed by atoms with Gasteiger partial charge in [0.1, 0.15) is 0 Å². The standard InChI is InChI=1S/C9H10ClFN2S/c10-7-5-8(11)9(12-6-7)13-1-3-14-4-2-13/h5-6H,1-4H2. The number of halogens is 2. The van der Waals surface area contributed by atoms with Crippen LogP contribution < -0.4 is 4.90 Å². The van der Waals surface area contributed by atoms with E-state index in [1.54, 1.807) is 0 Å². The molecule has 1 aliphatic rings. The molecule has 1 fully saturated rings. The molecule has 0 spiro atoms. The first-order valence-electron chi connectivity index (χ1n) is 4.41. The number of hydrogen-bond donors (Lipinski definition) is 0. The highest BCUT2D eigenvalue weighted by atomic mass is 35.5. The van der Waals surface area contributed by atoms with E-state index in [0.717, 1.165) is 24.6 Å². The van der Waals surface area contributed by atoms with Crippen LogP contribution in [-0.4, -0.2) is 29.6 Å². The second-order valence-corrected chi connectivity index (χ2v) is 4.72. The second kappa shape index (κ2) is 4.36. The molecule has 14 heavy (non-hydrogen) atoms. The number of pyridine rings is 1. The lowest BCUT2D eigenvalue weighted by Crippen LogP contribution is -2.33. The van der Waals surface area contributed by atoms with Crippen molar-refractivity contribution in [2.45, 2.75) is 0 Å². The second-order valence-electron chi connectivity index (χ2n) is 3.06. The number of nitrogens with zero attached hydrogens (tertiary/aromatic N) is 2. The van der Waals surface area contributed by atoms with Gasteiger partial charge in [-0.25, -0.2) is 9.37 Å². The maximum absolute atomic E-state index is 13.4. The SMILES string of the molecule is Fc1cc(Cl)cnc1N1CCSCC1. The third-order valence-corrected chi connectivity index (χ3v) is 3.25. The van der Waals surface area contributed by atoms with Crippen LogP contribution in [0, 0.1) is 5.82 Å². The molecule has 1 aromatic heterocycles. The van der Waals surface area contributed by atoms with Gasteiger partial charge in [0, 0.05) is 30.8 Å². The minimum atomic E-state index is -0.329. The Morgan fingerprint density at radius 3 is 2.79 bits per heavy atom. The summed E-state index contributed by atoms with van der Waals surface area (Å²) in [6.45, 7) is 1.71. The normalized spacial score (nSPS) is 17.1. The molecule has 1 aliphatic heterocycles. The average Bonchev–Trinajstić information content (AvgIpc) is 2.19. The molecule has 2 nitrogen and oxygen atoms in total. The van der Waals surface area contributed by atoms with E-state index in [0.29, 0.717) is 10.8 Å². The van der Waals surface area contributed by atoms with Crippen LogP contribution in [0.15, 0.2) is 12.3 Å². The zero-order valence-electron chi connectivity index (χ0n) is 7.54. The van der Waals surface area contributed by atoms with E-state index >= 15 is 0 Å². The topological polar surface area (TPSA) is 16.1 Å². The molecule has 0 saturated carbocycles. The summed E-state index contributed by atoms with van der Waals surface area (Å²) in [4.78, 5) is 5.97. The fourth-order valence-corrected chi connectivity index (χ4v) is 2.46. The van der Waals surface area contributed by atoms with Crippen molar-refractivity contribution in [1.29, 1.82) is 0 Å². The minimum absolute atomic E-state index is 0.329. The Balaban J connectivity index is 2.22. The lowest BCUT2D eigenvalue weighted by Gasteiger charge is -2.27. The van der Waals surface area contributed by atoms with Crippen LogP contribution in [0.2, 0.25) is 5.02 Å². The van der Waals surface area contributed by atoms with Crippen molar-refractivity contribution in [3.63, 3.8) is 0 Å². The third-order valence-electron chi connectivity index (χ3n) is 2.10. The van der Waals surface area contributed by atoms with Crippen molar-refractivity contribution in [3.05, 3.63) is 23.1 Å². The maximum atomic E-state index is 13.4. The van der Waals surface area contributed by atoms with E-state index in [4.69, 9.17) is 11.6 Å². The molecule has 0 amide bonds. The first-order chi connectivity index (χ1) is 6.77. The predicted molar refractivity (Wildman–Crippen MR) is 58.7 cm³/mol. The lowest BCUT2D eigenvalue weighted by molar-refractivity contribution is 0.612. The Morgan fingerprint density at radius 2 is 2.14 bits per heavy atom. The quantitative estimate of drug-likeness (QED) is 0.740. The molecular formula is C9H10ClFN2S. The van der Waals surface area contributed by atoms with Crippen LogP contribution in [-0.2, 0) is 0 Å². The van der Waals surface area contributed by atoms with Gasteiger partial charge < -0.3 is 4.90 Å². The van der Waals surface area contributed by atoms with Crippen LogP contribution in [0.4, 0.5) is 10.2 Å². The molecule has 1 aromatic rings. The van der Waals surface area contributed by atoms with E-state index < -0.39 is 0 Å². The van der Waals surface area contributed by atoms with Gasteiger partial charge in [0.15, 0.2) is 11.6 Å². The molecule has 1 saturated heterocycles. The number of thioether (sulfide) groups is 1. The summed E-state index contributed by atoms with van der Waals surface area (Å²) in [5.41, 5.74) is 0. The highest BCUT2D eigenvalue weighted by Gasteiger charge is 2.16. The zero-order valence-corrected chi connectivity index (χ0v) is 9.11. The summed E-state index contributed by atoms with van der Waals surface area (Å²) in [5.74, 6) is 2.16. The molecule has 2 rings (SSSR count). The molecule has 76 valence electrons. The lowest BCUT2D eigenvalue weighted by atomic mass is 10.4. The van der Waals surface area contributed by atoms with Crippen LogP contribution in [0.3, 0.4) is 0 Å². The van der Waals surface area contributed by atoms with E-state index in [1.807, 2.05) is 16.7 Å². The fourth-order valence-electron chi connectivity index (χ4n) is 1.42. The Morgan fingerprint density at radius 1 is 1.43 bits per heavy atom. The summed E-state index contributed by atoms with van der Waals surface area (Å²) in [5, 5.41) is 0.345. The van der Waals surface area contributed by atoms with E-state index in [2.05, 4.69) is 4.98 Å². The molecule has 2 heterocycles. The highest BCUT2D eigenvalue weighted by molar-refractivity contribution is 7.99. The number of anilines is 1. The van der Waals surface area contributed by atoms with E-state index in [1.165, 1.54) is 12.3 Å². The van der Waals surface area contributed by atoms with Crippen LogP contribution >= 0.6 is 23.4 Å². The Labute approximate surface area is 91.5 Å². The van der Waals surface area contributed by atoms with Gasteiger partial charge in [-0.1, -0.05) is 11.6 Å². The molecular weight excluding hydrogens is 223 g/mol. The summed E-state index contributed by atoms with van der Waals surface area (Å²) in [6.07, 6.45) is 1.49. The molecule has 0 N–H and O–H groups in total. The number of aromatic nitrogens is 1. The van der Waals surface area contributed by atoms with Crippen LogP contribution in [0.25, 0.3) is 0 Å². The fraction of sp³-hybridized carbons (Fsp3) is 0.444. The van der Waals surface area contributed by atoms with Crippen molar-refractivity contribution in [2.24, 2.45) is 0 Å². The van der Waals surface area contributed by atoms with Gasteiger partial charge in [0.2, 0.25) is 0 Å². The maximum Gasteiger partial charge on any atom is 0.167 e.